The van der Waals surface area contributed by atoms with Crippen molar-refractivity contribution in [1.82, 2.24) is 0 Å². The molecule has 0 radical (unpaired) electrons. The van der Waals surface area contributed by atoms with Crippen molar-refractivity contribution in [3.63, 3.8) is 0 Å². The molecule has 0 aliphatic rings. The van der Waals surface area contributed by atoms with Crippen LogP contribution in [0.4, 0.5) is 16.2 Å². The normalized spacial score (nSPS) is 10.6. The van der Waals surface area contributed by atoms with Gasteiger partial charge in [-0.25, -0.2) is 4.79 Å². The Morgan fingerprint density at radius 3 is 2.58 bits per heavy atom. The molecule has 0 bridgehead atoms. The molecule has 3 aromatic rings. The van der Waals surface area contributed by atoms with Gasteiger partial charge in [0.2, 0.25) is 0 Å². The summed E-state index contributed by atoms with van der Waals surface area (Å²) in [5.74, 6) is 0. The van der Waals surface area contributed by atoms with Crippen molar-refractivity contribution in [2.45, 2.75) is 6.42 Å². The van der Waals surface area contributed by atoms with Gasteiger partial charge in [0.15, 0.2) is 0 Å². The van der Waals surface area contributed by atoms with Crippen LogP contribution in [0.1, 0.15) is 4.88 Å². The second-order valence-corrected chi connectivity index (χ2v) is 6.87. The minimum absolute atomic E-state index is 0.369. The van der Waals surface area contributed by atoms with Gasteiger partial charge in [0.1, 0.15) is 0 Å². The monoisotopic (exact) mass is 340 g/mol. The van der Waals surface area contributed by atoms with E-state index in [1.54, 1.807) is 11.3 Å². The van der Waals surface area contributed by atoms with Crippen LogP contribution in [0.3, 0.4) is 0 Å². The number of amides is 1. The average Bonchev–Trinajstić information content (AvgIpc) is 2.98. The summed E-state index contributed by atoms with van der Waals surface area (Å²) in [6, 6.07) is 18.1. The van der Waals surface area contributed by atoms with Crippen LogP contribution < -0.4 is 10.2 Å². The van der Waals surface area contributed by atoms with Crippen molar-refractivity contribution in [3.05, 3.63) is 59.5 Å². The number of carbonyl (C=O) groups excluding carboxylic acids is 1. The number of hydrogen-bond donors (Lipinski definition) is 1. The molecular formula is C19H20N2O2S. The standard InChI is InChI=1S/C19H20N2O2S/c1-21(2)16-9-7-15(8-10-16)20-19(22)23-12-11-17-13-14-5-3-4-6-18(14)24-17/h3-10,13H,11-12H2,1-2H3,(H,20,22). The van der Waals surface area contributed by atoms with Crippen molar-refractivity contribution in [2.75, 3.05) is 30.9 Å². The van der Waals surface area contributed by atoms with E-state index in [-0.39, 0.29) is 0 Å². The van der Waals surface area contributed by atoms with Crippen LogP contribution in [0.15, 0.2) is 54.6 Å². The summed E-state index contributed by atoms with van der Waals surface area (Å²) in [6.45, 7) is 0.369. The Kier molecular flexibility index (Phi) is 5.01. The molecule has 0 saturated heterocycles. The van der Waals surface area contributed by atoms with Crippen molar-refractivity contribution < 1.29 is 9.53 Å². The fourth-order valence-electron chi connectivity index (χ4n) is 2.40. The Morgan fingerprint density at radius 2 is 1.88 bits per heavy atom. The Hall–Kier alpha value is -2.53. The lowest BCUT2D eigenvalue weighted by Crippen LogP contribution is -2.15. The molecule has 0 aliphatic heterocycles. The molecule has 2 aromatic carbocycles. The van der Waals surface area contributed by atoms with Gasteiger partial charge in [0.05, 0.1) is 6.61 Å². The average molecular weight is 340 g/mol. The van der Waals surface area contributed by atoms with Crippen LogP contribution in [-0.4, -0.2) is 26.8 Å². The highest BCUT2D eigenvalue weighted by molar-refractivity contribution is 7.19. The number of rotatable bonds is 5. The van der Waals surface area contributed by atoms with Crippen LogP contribution in [0.2, 0.25) is 0 Å². The van der Waals surface area contributed by atoms with Gasteiger partial charge in [0, 0.05) is 41.5 Å². The molecule has 0 atom stereocenters. The van der Waals surface area contributed by atoms with Gasteiger partial charge >= 0.3 is 6.09 Å². The summed E-state index contributed by atoms with van der Waals surface area (Å²) in [6.07, 6.45) is 0.306. The van der Waals surface area contributed by atoms with Crippen molar-refractivity contribution >= 4 is 38.9 Å². The number of thiophene rings is 1. The Labute approximate surface area is 145 Å². The number of carbonyl (C=O) groups is 1. The van der Waals surface area contributed by atoms with E-state index in [0.717, 1.165) is 17.8 Å². The minimum Gasteiger partial charge on any atom is -0.449 e. The predicted octanol–water partition coefficient (Wildman–Crippen LogP) is 4.76. The van der Waals surface area contributed by atoms with E-state index in [1.807, 2.05) is 55.4 Å². The highest BCUT2D eigenvalue weighted by Crippen LogP contribution is 2.25. The number of nitrogens with zero attached hydrogens (tertiary/aromatic N) is 1. The lowest BCUT2D eigenvalue weighted by molar-refractivity contribution is 0.163. The fourth-order valence-corrected chi connectivity index (χ4v) is 3.45. The number of anilines is 2. The van der Waals surface area contributed by atoms with E-state index in [4.69, 9.17) is 4.74 Å². The van der Waals surface area contributed by atoms with Gasteiger partial charge in [-0.15, -0.1) is 11.3 Å². The van der Waals surface area contributed by atoms with Crippen molar-refractivity contribution in [2.24, 2.45) is 0 Å². The molecule has 1 N–H and O–H groups in total. The third-order valence-corrected chi connectivity index (χ3v) is 4.86. The van der Waals surface area contributed by atoms with Gasteiger partial charge in [-0.1, -0.05) is 18.2 Å². The van der Waals surface area contributed by atoms with Gasteiger partial charge in [-0.2, -0.15) is 0 Å². The van der Waals surface area contributed by atoms with Crippen LogP contribution in [0.5, 0.6) is 0 Å². The first kappa shape index (κ1) is 16.3. The van der Waals surface area contributed by atoms with Crippen LogP contribution in [0, 0.1) is 0 Å². The molecule has 1 aromatic heterocycles. The lowest BCUT2D eigenvalue weighted by Gasteiger charge is -2.13. The maximum Gasteiger partial charge on any atom is 0.411 e. The highest BCUT2D eigenvalue weighted by atomic mass is 32.1. The van der Waals surface area contributed by atoms with Crippen molar-refractivity contribution in [3.8, 4) is 0 Å². The molecule has 0 fully saturated rings. The molecule has 3 rings (SSSR count). The van der Waals surface area contributed by atoms with Crippen LogP contribution >= 0.6 is 11.3 Å². The van der Waals surface area contributed by atoms with E-state index in [2.05, 4.69) is 23.5 Å². The zero-order valence-corrected chi connectivity index (χ0v) is 14.6. The molecule has 0 aliphatic carbocycles. The largest absolute Gasteiger partial charge is 0.449 e. The first-order chi connectivity index (χ1) is 11.6. The molecule has 1 amide bonds. The zero-order valence-electron chi connectivity index (χ0n) is 13.8. The molecule has 0 spiro atoms. The quantitative estimate of drug-likeness (QED) is 0.728. The molecule has 24 heavy (non-hydrogen) atoms. The predicted molar refractivity (Wildman–Crippen MR) is 101 cm³/mol. The number of nitrogens with one attached hydrogen (secondary N) is 1. The molecule has 5 heteroatoms. The number of hydrogen-bond acceptors (Lipinski definition) is 4. The third kappa shape index (κ3) is 4.06. The van der Waals surface area contributed by atoms with Gasteiger partial charge in [0.25, 0.3) is 0 Å². The van der Waals surface area contributed by atoms with E-state index in [9.17, 15) is 4.79 Å². The molecule has 0 unspecified atom stereocenters. The fraction of sp³-hybridized carbons (Fsp3) is 0.211. The highest BCUT2D eigenvalue weighted by Gasteiger charge is 2.06. The Bertz CT molecular complexity index is 792. The Balaban J connectivity index is 1.48. The van der Waals surface area contributed by atoms with Crippen molar-refractivity contribution in [1.29, 1.82) is 0 Å². The van der Waals surface area contributed by atoms with Gasteiger partial charge in [-0.05, 0) is 41.8 Å². The van der Waals surface area contributed by atoms with Gasteiger partial charge < -0.3 is 9.64 Å². The molecular weight excluding hydrogens is 320 g/mol. The lowest BCUT2D eigenvalue weighted by atomic mass is 10.2. The zero-order chi connectivity index (χ0) is 16.9. The van der Waals surface area contributed by atoms with Gasteiger partial charge in [-0.3, -0.25) is 5.32 Å². The summed E-state index contributed by atoms with van der Waals surface area (Å²) >= 11 is 1.74. The topological polar surface area (TPSA) is 41.6 Å². The number of fused-ring (bicyclic) bond motifs is 1. The number of ether oxygens (including phenoxy) is 1. The minimum atomic E-state index is -0.422. The number of benzene rings is 2. The van der Waals surface area contributed by atoms with E-state index < -0.39 is 6.09 Å². The van der Waals surface area contributed by atoms with E-state index in [0.29, 0.717) is 6.61 Å². The third-order valence-electron chi connectivity index (χ3n) is 3.69. The summed E-state index contributed by atoms with van der Waals surface area (Å²) in [5.41, 5.74) is 1.81. The molecule has 4 nitrogen and oxygen atoms in total. The Morgan fingerprint density at radius 1 is 1.12 bits per heavy atom. The van der Waals surface area contributed by atoms with E-state index in [1.165, 1.54) is 15.0 Å². The summed E-state index contributed by atoms with van der Waals surface area (Å²) in [7, 11) is 3.95. The maximum absolute atomic E-state index is 11.9. The molecule has 124 valence electrons. The summed E-state index contributed by atoms with van der Waals surface area (Å²) in [5, 5.41) is 3.98. The van der Waals surface area contributed by atoms with E-state index >= 15 is 0 Å². The first-order valence-electron chi connectivity index (χ1n) is 7.80. The second-order valence-electron chi connectivity index (χ2n) is 5.70. The maximum atomic E-state index is 11.9. The second kappa shape index (κ2) is 7.36. The molecule has 1 heterocycles. The summed E-state index contributed by atoms with van der Waals surface area (Å²) in [4.78, 5) is 15.1. The van der Waals surface area contributed by atoms with Crippen LogP contribution in [-0.2, 0) is 11.2 Å². The van der Waals surface area contributed by atoms with Crippen LogP contribution in [0.25, 0.3) is 10.1 Å². The SMILES string of the molecule is CN(C)c1ccc(NC(=O)OCCc2cc3ccccc3s2)cc1. The summed E-state index contributed by atoms with van der Waals surface area (Å²) < 4.78 is 6.53. The smallest absolute Gasteiger partial charge is 0.411 e. The first-order valence-corrected chi connectivity index (χ1v) is 8.62. The molecule has 0 saturated carbocycles.